The van der Waals surface area contributed by atoms with E-state index >= 15 is 0 Å². The highest BCUT2D eigenvalue weighted by Crippen LogP contribution is 2.26. The van der Waals surface area contributed by atoms with Gasteiger partial charge in [-0.25, -0.2) is 0 Å². The van der Waals surface area contributed by atoms with Gasteiger partial charge < -0.3 is 5.32 Å². The van der Waals surface area contributed by atoms with Gasteiger partial charge in [0.25, 0.3) is 5.92 Å². The zero-order chi connectivity index (χ0) is 12.8. The molecule has 3 heteroatoms. The van der Waals surface area contributed by atoms with Crippen molar-refractivity contribution in [2.75, 3.05) is 13.1 Å². The molecule has 0 fully saturated rings. The molecule has 1 aliphatic carbocycles. The topological polar surface area (TPSA) is 12.0 Å². The zero-order valence-electron chi connectivity index (χ0n) is 10.5. The number of alkyl halides is 2. The van der Waals surface area contributed by atoms with Crippen LogP contribution in [0.1, 0.15) is 31.2 Å². The van der Waals surface area contributed by atoms with Crippen LogP contribution in [0.3, 0.4) is 0 Å². The lowest BCUT2D eigenvalue weighted by molar-refractivity contribution is -0.00286. The Labute approximate surface area is 107 Å². The SMILES string of the molecule is FC(F)(CNCCC1=CCCC1)c1ccccc1. The predicted octanol–water partition coefficient (Wildman–Crippen LogP) is 3.87. The van der Waals surface area contributed by atoms with Gasteiger partial charge in [0.1, 0.15) is 0 Å². The Hall–Kier alpha value is -1.22. The average molecular weight is 251 g/mol. The number of benzene rings is 1. The van der Waals surface area contributed by atoms with Crippen LogP contribution < -0.4 is 5.32 Å². The molecule has 98 valence electrons. The van der Waals surface area contributed by atoms with E-state index in [0.29, 0.717) is 6.54 Å². The summed E-state index contributed by atoms with van der Waals surface area (Å²) < 4.78 is 27.6. The van der Waals surface area contributed by atoms with Gasteiger partial charge in [-0.1, -0.05) is 42.0 Å². The van der Waals surface area contributed by atoms with E-state index in [-0.39, 0.29) is 12.1 Å². The molecule has 1 aromatic rings. The molecule has 0 radical (unpaired) electrons. The van der Waals surface area contributed by atoms with Crippen LogP contribution in [-0.2, 0) is 5.92 Å². The summed E-state index contributed by atoms with van der Waals surface area (Å²) in [5.74, 6) is -2.79. The highest BCUT2D eigenvalue weighted by atomic mass is 19.3. The van der Waals surface area contributed by atoms with Gasteiger partial charge in [0, 0.05) is 5.56 Å². The number of hydrogen-bond acceptors (Lipinski definition) is 1. The lowest BCUT2D eigenvalue weighted by atomic mass is 10.1. The fourth-order valence-corrected chi connectivity index (χ4v) is 2.24. The summed E-state index contributed by atoms with van der Waals surface area (Å²) in [6.45, 7) is 0.346. The molecular weight excluding hydrogens is 232 g/mol. The van der Waals surface area contributed by atoms with Crippen LogP contribution in [0.25, 0.3) is 0 Å². The van der Waals surface area contributed by atoms with Gasteiger partial charge in [-0.15, -0.1) is 0 Å². The van der Waals surface area contributed by atoms with Gasteiger partial charge in [-0.3, -0.25) is 0 Å². The second-order valence-electron chi connectivity index (χ2n) is 4.75. The first-order valence-corrected chi connectivity index (χ1v) is 6.50. The Morgan fingerprint density at radius 3 is 2.61 bits per heavy atom. The van der Waals surface area contributed by atoms with E-state index in [9.17, 15) is 8.78 Å². The third-order valence-corrected chi connectivity index (χ3v) is 3.30. The molecule has 0 saturated heterocycles. The first-order chi connectivity index (χ1) is 8.68. The lowest BCUT2D eigenvalue weighted by Gasteiger charge is -2.17. The minimum absolute atomic E-state index is 0.0811. The van der Waals surface area contributed by atoms with Crippen molar-refractivity contribution in [3.05, 3.63) is 47.5 Å². The van der Waals surface area contributed by atoms with Crippen molar-refractivity contribution in [2.45, 2.75) is 31.6 Å². The van der Waals surface area contributed by atoms with Gasteiger partial charge in [-0.2, -0.15) is 8.78 Å². The zero-order valence-corrected chi connectivity index (χ0v) is 10.5. The van der Waals surface area contributed by atoms with E-state index in [0.717, 1.165) is 19.3 Å². The predicted molar refractivity (Wildman–Crippen MR) is 69.8 cm³/mol. The van der Waals surface area contributed by atoms with Crippen molar-refractivity contribution in [3.8, 4) is 0 Å². The summed E-state index contributed by atoms with van der Waals surface area (Å²) in [5, 5.41) is 2.86. The van der Waals surface area contributed by atoms with Crippen LogP contribution in [0.5, 0.6) is 0 Å². The molecule has 1 aromatic carbocycles. The Morgan fingerprint density at radius 2 is 1.94 bits per heavy atom. The van der Waals surface area contributed by atoms with Crippen molar-refractivity contribution in [1.29, 1.82) is 0 Å². The van der Waals surface area contributed by atoms with Gasteiger partial charge in [0.15, 0.2) is 0 Å². The molecule has 0 amide bonds. The van der Waals surface area contributed by atoms with E-state index in [1.54, 1.807) is 18.2 Å². The largest absolute Gasteiger partial charge is 0.311 e. The maximum Gasteiger partial charge on any atom is 0.285 e. The summed E-state index contributed by atoms with van der Waals surface area (Å²) in [6, 6.07) is 7.99. The highest BCUT2D eigenvalue weighted by molar-refractivity contribution is 5.20. The molecule has 0 saturated carbocycles. The summed E-state index contributed by atoms with van der Waals surface area (Å²) in [5.41, 5.74) is 1.49. The second-order valence-corrected chi connectivity index (χ2v) is 4.75. The van der Waals surface area contributed by atoms with Crippen molar-refractivity contribution in [1.82, 2.24) is 5.32 Å². The van der Waals surface area contributed by atoms with E-state index in [1.807, 2.05) is 0 Å². The third-order valence-electron chi connectivity index (χ3n) is 3.30. The van der Waals surface area contributed by atoms with Gasteiger partial charge in [0.2, 0.25) is 0 Å². The Morgan fingerprint density at radius 1 is 1.17 bits per heavy atom. The molecule has 18 heavy (non-hydrogen) atoms. The fourth-order valence-electron chi connectivity index (χ4n) is 2.24. The standard InChI is InChI=1S/C15H19F2N/c16-15(17,14-8-2-1-3-9-14)12-18-11-10-13-6-4-5-7-13/h1-3,6,8-9,18H,4-5,7,10-12H2. The van der Waals surface area contributed by atoms with Crippen LogP contribution in [0.2, 0.25) is 0 Å². The van der Waals surface area contributed by atoms with Crippen molar-refractivity contribution in [2.24, 2.45) is 0 Å². The highest BCUT2D eigenvalue weighted by Gasteiger charge is 2.30. The van der Waals surface area contributed by atoms with E-state index in [1.165, 1.54) is 24.1 Å². The summed E-state index contributed by atoms with van der Waals surface area (Å²) in [7, 11) is 0. The Bertz CT molecular complexity index is 398. The van der Waals surface area contributed by atoms with E-state index in [2.05, 4.69) is 11.4 Å². The minimum atomic E-state index is -2.79. The summed E-state index contributed by atoms with van der Waals surface area (Å²) in [4.78, 5) is 0. The van der Waals surface area contributed by atoms with Crippen LogP contribution >= 0.6 is 0 Å². The second kappa shape index (κ2) is 6.10. The Kier molecular flexibility index (Phi) is 4.48. The van der Waals surface area contributed by atoms with Crippen LogP contribution in [0, 0.1) is 0 Å². The maximum absolute atomic E-state index is 13.8. The molecule has 2 rings (SSSR count). The number of nitrogens with one attached hydrogen (secondary N) is 1. The van der Waals surface area contributed by atoms with Crippen molar-refractivity contribution in [3.63, 3.8) is 0 Å². The summed E-state index contributed by atoms with van der Waals surface area (Å²) >= 11 is 0. The fraction of sp³-hybridized carbons (Fsp3) is 0.467. The van der Waals surface area contributed by atoms with E-state index in [4.69, 9.17) is 0 Å². The minimum Gasteiger partial charge on any atom is -0.311 e. The summed E-state index contributed by atoms with van der Waals surface area (Å²) in [6.07, 6.45) is 6.63. The molecule has 0 heterocycles. The number of hydrogen-bond donors (Lipinski definition) is 1. The molecular formula is C15H19F2N. The quantitative estimate of drug-likeness (QED) is 0.598. The monoisotopic (exact) mass is 251 g/mol. The first-order valence-electron chi connectivity index (χ1n) is 6.50. The van der Waals surface area contributed by atoms with E-state index < -0.39 is 5.92 Å². The van der Waals surface area contributed by atoms with Gasteiger partial charge in [-0.05, 0) is 32.2 Å². The smallest absolute Gasteiger partial charge is 0.285 e. The molecule has 0 aromatic heterocycles. The van der Waals surface area contributed by atoms with Crippen LogP contribution in [0.4, 0.5) is 8.78 Å². The number of allylic oxidation sites excluding steroid dienone is 1. The first kappa shape index (κ1) is 13.2. The molecule has 1 nitrogen and oxygen atoms in total. The number of halogens is 2. The molecule has 0 bridgehead atoms. The Balaban J connectivity index is 1.75. The number of rotatable bonds is 6. The normalized spacial score (nSPS) is 15.8. The molecule has 1 N–H and O–H groups in total. The molecule has 0 spiro atoms. The third kappa shape index (κ3) is 3.64. The molecule has 0 atom stereocenters. The maximum atomic E-state index is 13.8. The molecule has 1 aliphatic rings. The van der Waals surface area contributed by atoms with Gasteiger partial charge in [0.05, 0.1) is 6.54 Å². The van der Waals surface area contributed by atoms with Crippen molar-refractivity contribution < 1.29 is 8.78 Å². The van der Waals surface area contributed by atoms with Crippen molar-refractivity contribution >= 4 is 0 Å². The van der Waals surface area contributed by atoms with Crippen LogP contribution in [0.15, 0.2) is 42.0 Å². The lowest BCUT2D eigenvalue weighted by Crippen LogP contribution is -2.31. The average Bonchev–Trinajstić information content (AvgIpc) is 2.89. The molecule has 0 unspecified atom stereocenters. The van der Waals surface area contributed by atoms with Crippen LogP contribution in [-0.4, -0.2) is 13.1 Å². The molecule has 0 aliphatic heterocycles. The van der Waals surface area contributed by atoms with Gasteiger partial charge >= 0.3 is 0 Å².